The molecule has 0 unspecified atom stereocenters. The van der Waals surface area contributed by atoms with Gasteiger partial charge in [-0.3, -0.25) is 4.79 Å². The second-order valence-electron chi connectivity index (χ2n) is 2.59. The van der Waals surface area contributed by atoms with Crippen LogP contribution in [0.2, 0.25) is 5.02 Å². The fourth-order valence-electron chi connectivity index (χ4n) is 0.899. The SMILES string of the molecule is O=C(CCBr)Nc1cccc(F)c1Cl. The average Bonchev–Trinajstić information content (AvgIpc) is 2.13. The highest BCUT2D eigenvalue weighted by atomic mass is 79.9. The zero-order valence-electron chi connectivity index (χ0n) is 7.19. The van der Waals surface area contributed by atoms with Gasteiger partial charge in [-0.15, -0.1) is 0 Å². The maximum absolute atomic E-state index is 12.9. The molecule has 14 heavy (non-hydrogen) atoms. The van der Waals surface area contributed by atoms with E-state index in [1.807, 2.05) is 0 Å². The summed E-state index contributed by atoms with van der Waals surface area (Å²) in [6.07, 6.45) is 0.326. The monoisotopic (exact) mass is 279 g/mol. The molecule has 0 spiro atoms. The number of hydrogen-bond donors (Lipinski definition) is 1. The van der Waals surface area contributed by atoms with Crippen LogP contribution in [0.1, 0.15) is 6.42 Å². The van der Waals surface area contributed by atoms with Crippen LogP contribution in [0.15, 0.2) is 18.2 Å². The summed E-state index contributed by atoms with van der Waals surface area (Å²) in [6.45, 7) is 0. The van der Waals surface area contributed by atoms with Crippen molar-refractivity contribution in [2.24, 2.45) is 0 Å². The molecule has 0 aliphatic rings. The average molecular weight is 281 g/mol. The van der Waals surface area contributed by atoms with Gasteiger partial charge in [0, 0.05) is 11.8 Å². The molecule has 0 aliphatic carbocycles. The molecule has 0 saturated carbocycles. The van der Waals surface area contributed by atoms with E-state index in [1.54, 1.807) is 6.07 Å². The number of carbonyl (C=O) groups excluding carboxylic acids is 1. The van der Waals surface area contributed by atoms with Gasteiger partial charge in [-0.1, -0.05) is 33.6 Å². The van der Waals surface area contributed by atoms with E-state index in [-0.39, 0.29) is 10.9 Å². The number of nitrogens with one attached hydrogen (secondary N) is 1. The van der Waals surface area contributed by atoms with Crippen LogP contribution < -0.4 is 5.32 Å². The maximum Gasteiger partial charge on any atom is 0.225 e. The van der Waals surface area contributed by atoms with Crippen molar-refractivity contribution in [1.29, 1.82) is 0 Å². The standard InChI is InChI=1S/C9H8BrClFNO/c10-5-4-8(14)13-7-3-1-2-6(12)9(7)11/h1-3H,4-5H2,(H,13,14). The van der Waals surface area contributed by atoms with Crippen LogP contribution in [0.5, 0.6) is 0 Å². The Kier molecular flexibility index (Phi) is 4.35. The molecule has 0 bridgehead atoms. The van der Waals surface area contributed by atoms with Gasteiger partial charge in [-0.2, -0.15) is 0 Å². The highest BCUT2D eigenvalue weighted by Gasteiger charge is 2.07. The summed E-state index contributed by atoms with van der Waals surface area (Å²) < 4.78 is 12.9. The first-order valence-corrected chi connectivity index (χ1v) is 5.45. The van der Waals surface area contributed by atoms with Crippen LogP contribution in [0.25, 0.3) is 0 Å². The lowest BCUT2D eigenvalue weighted by Crippen LogP contribution is -2.12. The molecule has 0 aliphatic heterocycles. The quantitative estimate of drug-likeness (QED) is 0.847. The second kappa shape index (κ2) is 5.32. The first kappa shape index (κ1) is 11.5. The van der Waals surface area contributed by atoms with Gasteiger partial charge in [0.05, 0.1) is 10.7 Å². The summed E-state index contributed by atoms with van der Waals surface area (Å²) in [7, 11) is 0. The van der Waals surface area contributed by atoms with E-state index < -0.39 is 5.82 Å². The number of benzene rings is 1. The maximum atomic E-state index is 12.9. The molecule has 1 aromatic rings. The minimum absolute atomic E-state index is 0.0598. The summed E-state index contributed by atoms with van der Waals surface area (Å²) >= 11 is 8.76. The molecule has 0 saturated heterocycles. The second-order valence-corrected chi connectivity index (χ2v) is 3.76. The molecule has 0 fully saturated rings. The highest BCUT2D eigenvalue weighted by molar-refractivity contribution is 9.09. The summed E-state index contributed by atoms with van der Waals surface area (Å²) in [4.78, 5) is 11.2. The van der Waals surface area contributed by atoms with Gasteiger partial charge in [-0.25, -0.2) is 4.39 Å². The van der Waals surface area contributed by atoms with Gasteiger partial charge < -0.3 is 5.32 Å². The van der Waals surface area contributed by atoms with E-state index in [0.29, 0.717) is 17.4 Å². The number of amides is 1. The Bertz CT molecular complexity index is 346. The normalized spacial score (nSPS) is 9.93. The third kappa shape index (κ3) is 2.96. The predicted molar refractivity (Wildman–Crippen MR) is 58.5 cm³/mol. The molecular weight excluding hydrogens is 272 g/mol. The third-order valence-electron chi connectivity index (χ3n) is 1.55. The van der Waals surface area contributed by atoms with Crippen LogP contribution in [-0.4, -0.2) is 11.2 Å². The fourth-order valence-corrected chi connectivity index (χ4v) is 1.43. The van der Waals surface area contributed by atoms with Crippen molar-refractivity contribution in [2.45, 2.75) is 6.42 Å². The molecular formula is C9H8BrClFNO. The van der Waals surface area contributed by atoms with Gasteiger partial charge in [0.25, 0.3) is 0 Å². The van der Waals surface area contributed by atoms with Gasteiger partial charge in [-0.05, 0) is 12.1 Å². The van der Waals surface area contributed by atoms with Crippen molar-refractivity contribution >= 4 is 39.1 Å². The highest BCUT2D eigenvalue weighted by Crippen LogP contribution is 2.24. The van der Waals surface area contributed by atoms with Gasteiger partial charge in [0.15, 0.2) is 0 Å². The first-order chi connectivity index (χ1) is 6.65. The Hall–Kier alpha value is -0.610. The first-order valence-electron chi connectivity index (χ1n) is 3.95. The minimum atomic E-state index is -0.539. The molecule has 0 radical (unpaired) electrons. The lowest BCUT2D eigenvalue weighted by molar-refractivity contribution is -0.115. The smallest absolute Gasteiger partial charge is 0.225 e. The summed E-state index contributed by atoms with van der Waals surface area (Å²) in [5.41, 5.74) is 0.303. The van der Waals surface area contributed by atoms with Crippen molar-refractivity contribution in [1.82, 2.24) is 0 Å². The molecule has 1 amide bonds. The van der Waals surface area contributed by atoms with Gasteiger partial charge in [0.1, 0.15) is 5.82 Å². The van der Waals surface area contributed by atoms with Crippen molar-refractivity contribution in [3.63, 3.8) is 0 Å². The lowest BCUT2D eigenvalue weighted by atomic mass is 10.3. The number of rotatable bonds is 3. The lowest BCUT2D eigenvalue weighted by Gasteiger charge is -2.06. The summed E-state index contributed by atoms with van der Waals surface area (Å²) in [6, 6.07) is 4.28. The van der Waals surface area contributed by atoms with Crippen molar-refractivity contribution in [3.8, 4) is 0 Å². The number of alkyl halides is 1. The molecule has 1 aromatic carbocycles. The van der Waals surface area contributed by atoms with Crippen molar-refractivity contribution in [2.75, 3.05) is 10.6 Å². The number of carbonyl (C=O) groups is 1. The van der Waals surface area contributed by atoms with Gasteiger partial charge >= 0.3 is 0 Å². The minimum Gasteiger partial charge on any atom is -0.325 e. The van der Waals surface area contributed by atoms with Crippen LogP contribution in [0, 0.1) is 5.82 Å². The van der Waals surface area contributed by atoms with Crippen molar-refractivity contribution < 1.29 is 9.18 Å². The van der Waals surface area contributed by atoms with Crippen molar-refractivity contribution in [3.05, 3.63) is 29.0 Å². The van der Waals surface area contributed by atoms with Crippen LogP contribution in [0.4, 0.5) is 10.1 Å². The molecule has 76 valence electrons. The Morgan fingerprint density at radius 1 is 1.57 bits per heavy atom. The molecule has 2 nitrogen and oxygen atoms in total. The summed E-state index contributed by atoms with van der Waals surface area (Å²) in [5.74, 6) is -0.738. The molecule has 5 heteroatoms. The zero-order chi connectivity index (χ0) is 10.6. The molecule has 1 rings (SSSR count). The molecule has 0 atom stereocenters. The van der Waals surface area contributed by atoms with Crippen LogP contribution in [-0.2, 0) is 4.79 Å². The summed E-state index contributed by atoms with van der Waals surface area (Å²) in [5, 5.41) is 3.01. The van der Waals surface area contributed by atoms with E-state index in [2.05, 4.69) is 21.2 Å². The Balaban J connectivity index is 2.76. The van der Waals surface area contributed by atoms with Crippen LogP contribution in [0.3, 0.4) is 0 Å². The zero-order valence-corrected chi connectivity index (χ0v) is 9.53. The topological polar surface area (TPSA) is 29.1 Å². The van der Waals surface area contributed by atoms with Crippen LogP contribution >= 0.6 is 27.5 Å². The van der Waals surface area contributed by atoms with E-state index in [0.717, 1.165) is 0 Å². The van der Waals surface area contributed by atoms with E-state index in [1.165, 1.54) is 12.1 Å². The Labute approximate surface area is 94.6 Å². The predicted octanol–water partition coefficient (Wildman–Crippen LogP) is 3.20. The van der Waals surface area contributed by atoms with E-state index >= 15 is 0 Å². The van der Waals surface area contributed by atoms with E-state index in [4.69, 9.17) is 11.6 Å². The molecule has 1 N–H and O–H groups in total. The fraction of sp³-hybridized carbons (Fsp3) is 0.222. The third-order valence-corrected chi connectivity index (χ3v) is 2.33. The number of halogens is 3. The molecule has 0 heterocycles. The molecule has 0 aromatic heterocycles. The van der Waals surface area contributed by atoms with E-state index in [9.17, 15) is 9.18 Å². The van der Waals surface area contributed by atoms with Gasteiger partial charge in [0.2, 0.25) is 5.91 Å². The number of anilines is 1. The Morgan fingerprint density at radius 3 is 2.93 bits per heavy atom. The largest absolute Gasteiger partial charge is 0.325 e. The number of hydrogen-bond acceptors (Lipinski definition) is 1. The Morgan fingerprint density at radius 2 is 2.29 bits per heavy atom.